The molecule has 14 nitrogen and oxygen atoms in total. The smallest absolute Gasteiger partial charge is 0.326 e. The molecule has 3 N–H and O–H groups in total. The summed E-state index contributed by atoms with van der Waals surface area (Å²) in [5.41, 5.74) is 0.431. The summed E-state index contributed by atoms with van der Waals surface area (Å²) in [7, 11) is 0. The highest BCUT2D eigenvalue weighted by Crippen LogP contribution is 2.29. The number of carbonyl (C=O) groups is 4. The normalized spacial score (nSPS) is 19.5. The molecule has 2 unspecified atom stereocenters. The maximum Gasteiger partial charge on any atom is 0.326 e. The lowest BCUT2D eigenvalue weighted by atomic mass is 10.2. The van der Waals surface area contributed by atoms with E-state index < -0.39 is 49.1 Å². The standard InChI is InChI=1S/C21H24N6O8/c28-17(26-5-1-3-15(26)20(30)31)10-34-13-7-12(19-22-24-25-23-19)8-14(9-13)35-11-18(29)27-6-2-4-16(27)21(32)33/h7-9,15-16H,1-6,10-11H2,(H,30,31)(H,32,33)(H,22,23,24,25). The van der Waals surface area contributed by atoms with Crippen LogP contribution in [0, 0.1) is 0 Å². The Bertz CT molecular complexity index is 1040. The molecule has 0 saturated carbocycles. The lowest BCUT2D eigenvalue weighted by molar-refractivity contribution is -0.149. The number of rotatable bonds is 9. The molecule has 186 valence electrons. The third-order valence-corrected chi connectivity index (χ3v) is 5.92. The number of likely N-dealkylation sites (tertiary alicyclic amines) is 2. The van der Waals surface area contributed by atoms with E-state index >= 15 is 0 Å². The Balaban J connectivity index is 1.45. The average Bonchev–Trinajstić information content (AvgIpc) is 3.62. The number of carboxylic acid groups (broad SMARTS) is 2. The van der Waals surface area contributed by atoms with Crippen molar-refractivity contribution in [1.29, 1.82) is 0 Å². The summed E-state index contributed by atoms with van der Waals surface area (Å²) >= 11 is 0. The molecule has 1 aromatic carbocycles. The molecular weight excluding hydrogens is 464 g/mol. The van der Waals surface area contributed by atoms with Gasteiger partial charge in [-0.2, -0.15) is 5.21 Å². The predicted octanol–water partition coefficient (Wildman–Crippen LogP) is -0.224. The van der Waals surface area contributed by atoms with Gasteiger partial charge < -0.3 is 29.5 Å². The fraction of sp³-hybridized carbons (Fsp3) is 0.476. The van der Waals surface area contributed by atoms with Crippen LogP contribution in [0.25, 0.3) is 11.4 Å². The monoisotopic (exact) mass is 488 g/mol. The first-order valence-corrected chi connectivity index (χ1v) is 11.0. The number of hydrogen-bond acceptors (Lipinski definition) is 9. The van der Waals surface area contributed by atoms with E-state index in [1.54, 1.807) is 12.1 Å². The summed E-state index contributed by atoms with van der Waals surface area (Å²) in [6, 6.07) is 2.81. The molecule has 2 fully saturated rings. The minimum absolute atomic E-state index is 0.207. The van der Waals surface area contributed by atoms with Crippen LogP contribution in [0.2, 0.25) is 0 Å². The molecule has 1 aromatic heterocycles. The number of ether oxygens (including phenoxy) is 2. The summed E-state index contributed by atoms with van der Waals surface area (Å²) in [5, 5.41) is 32.2. The maximum atomic E-state index is 12.5. The summed E-state index contributed by atoms with van der Waals surface area (Å²) in [6.07, 6.45) is 1.98. The number of H-pyrrole nitrogens is 1. The van der Waals surface area contributed by atoms with Crippen molar-refractivity contribution in [2.24, 2.45) is 0 Å². The zero-order chi connectivity index (χ0) is 24.9. The number of nitrogens with zero attached hydrogens (tertiary/aromatic N) is 5. The number of nitrogens with one attached hydrogen (secondary N) is 1. The molecule has 2 aromatic rings. The number of tetrazole rings is 1. The van der Waals surface area contributed by atoms with Gasteiger partial charge in [0.05, 0.1) is 0 Å². The molecule has 0 spiro atoms. The summed E-state index contributed by atoms with van der Waals surface area (Å²) < 4.78 is 11.2. The number of carbonyl (C=O) groups excluding carboxylic acids is 2. The Morgan fingerprint density at radius 2 is 1.40 bits per heavy atom. The second-order valence-corrected chi connectivity index (χ2v) is 8.17. The highest BCUT2D eigenvalue weighted by Gasteiger charge is 2.35. The lowest BCUT2D eigenvalue weighted by Gasteiger charge is -2.22. The third-order valence-electron chi connectivity index (χ3n) is 5.92. The molecule has 0 aliphatic carbocycles. The minimum atomic E-state index is -1.06. The molecule has 3 heterocycles. The van der Waals surface area contributed by atoms with Crippen molar-refractivity contribution >= 4 is 23.8 Å². The van der Waals surface area contributed by atoms with E-state index in [1.165, 1.54) is 15.9 Å². The van der Waals surface area contributed by atoms with Crippen LogP contribution in [0.1, 0.15) is 25.7 Å². The molecule has 14 heteroatoms. The van der Waals surface area contributed by atoms with Gasteiger partial charge in [-0.15, -0.1) is 10.2 Å². The SMILES string of the molecule is O=C(O)C1CCCN1C(=O)COc1cc(OCC(=O)N2CCCC2C(=O)O)cc(-c2nn[nH]n2)c1. The Kier molecular flexibility index (Phi) is 7.08. The minimum Gasteiger partial charge on any atom is -0.484 e. The molecule has 2 amide bonds. The zero-order valence-corrected chi connectivity index (χ0v) is 18.6. The summed E-state index contributed by atoms with van der Waals surface area (Å²) in [4.78, 5) is 50.4. The topological polar surface area (TPSA) is 188 Å². The van der Waals surface area contributed by atoms with Gasteiger partial charge in [0, 0.05) is 24.7 Å². The van der Waals surface area contributed by atoms with E-state index in [2.05, 4.69) is 20.6 Å². The van der Waals surface area contributed by atoms with Crippen molar-refractivity contribution in [2.75, 3.05) is 26.3 Å². The van der Waals surface area contributed by atoms with Crippen molar-refractivity contribution in [3.8, 4) is 22.9 Å². The van der Waals surface area contributed by atoms with Gasteiger partial charge >= 0.3 is 11.9 Å². The highest BCUT2D eigenvalue weighted by atomic mass is 16.5. The Hall–Kier alpha value is -4.23. The van der Waals surface area contributed by atoms with Gasteiger partial charge in [-0.3, -0.25) is 9.59 Å². The van der Waals surface area contributed by atoms with E-state index in [4.69, 9.17) is 9.47 Å². The van der Waals surface area contributed by atoms with Gasteiger partial charge in [0.1, 0.15) is 23.6 Å². The van der Waals surface area contributed by atoms with E-state index in [9.17, 15) is 29.4 Å². The maximum absolute atomic E-state index is 12.5. The van der Waals surface area contributed by atoms with Gasteiger partial charge in [0.2, 0.25) is 5.82 Å². The molecule has 0 bridgehead atoms. The first-order valence-electron chi connectivity index (χ1n) is 11.0. The van der Waals surface area contributed by atoms with E-state index in [0.29, 0.717) is 44.3 Å². The number of hydrogen-bond donors (Lipinski definition) is 3. The summed E-state index contributed by atoms with van der Waals surface area (Å²) in [6.45, 7) is -0.115. The van der Waals surface area contributed by atoms with Crippen LogP contribution in [0.15, 0.2) is 18.2 Å². The Morgan fingerprint density at radius 1 is 0.886 bits per heavy atom. The van der Waals surface area contributed by atoms with E-state index in [-0.39, 0.29) is 17.3 Å². The van der Waals surface area contributed by atoms with Crippen molar-refractivity contribution in [3.05, 3.63) is 18.2 Å². The van der Waals surface area contributed by atoms with Gasteiger partial charge in [-0.05, 0) is 43.0 Å². The van der Waals surface area contributed by atoms with E-state index in [0.717, 1.165) is 0 Å². The van der Waals surface area contributed by atoms with Crippen LogP contribution < -0.4 is 9.47 Å². The molecule has 0 radical (unpaired) electrons. The number of aromatic amines is 1. The fourth-order valence-electron chi connectivity index (χ4n) is 4.25. The number of aromatic nitrogens is 4. The number of aliphatic carboxylic acids is 2. The van der Waals surface area contributed by atoms with Crippen LogP contribution in [-0.4, -0.2) is 103 Å². The molecule has 4 rings (SSSR count). The summed E-state index contributed by atoms with van der Waals surface area (Å²) in [5.74, 6) is -2.42. The molecule has 2 saturated heterocycles. The second kappa shape index (κ2) is 10.4. The van der Waals surface area contributed by atoms with Crippen LogP contribution in [0.3, 0.4) is 0 Å². The van der Waals surface area contributed by atoms with Crippen molar-refractivity contribution in [3.63, 3.8) is 0 Å². The zero-order valence-electron chi connectivity index (χ0n) is 18.6. The largest absolute Gasteiger partial charge is 0.484 e. The second-order valence-electron chi connectivity index (χ2n) is 8.17. The van der Waals surface area contributed by atoms with Gasteiger partial charge in [0.15, 0.2) is 13.2 Å². The van der Waals surface area contributed by atoms with Gasteiger partial charge in [-0.1, -0.05) is 0 Å². The third kappa shape index (κ3) is 5.47. The van der Waals surface area contributed by atoms with E-state index in [1.807, 2.05) is 0 Å². The number of benzene rings is 1. The predicted molar refractivity (Wildman–Crippen MR) is 115 cm³/mol. The molecular formula is C21H24N6O8. The van der Waals surface area contributed by atoms with Crippen LogP contribution in [0.4, 0.5) is 0 Å². The first-order chi connectivity index (χ1) is 16.8. The van der Waals surface area contributed by atoms with Crippen LogP contribution in [-0.2, 0) is 19.2 Å². The number of amides is 2. The molecule has 35 heavy (non-hydrogen) atoms. The molecule has 2 aliphatic heterocycles. The van der Waals surface area contributed by atoms with Crippen molar-refractivity contribution in [1.82, 2.24) is 30.4 Å². The lowest BCUT2D eigenvalue weighted by Crippen LogP contribution is -2.42. The van der Waals surface area contributed by atoms with Crippen molar-refractivity contribution < 1.29 is 38.9 Å². The Morgan fingerprint density at radius 3 is 1.83 bits per heavy atom. The quantitative estimate of drug-likeness (QED) is 0.423. The van der Waals surface area contributed by atoms with Crippen LogP contribution >= 0.6 is 0 Å². The van der Waals surface area contributed by atoms with Crippen molar-refractivity contribution in [2.45, 2.75) is 37.8 Å². The molecule has 2 atom stereocenters. The Labute approximate surface area is 198 Å². The van der Waals surface area contributed by atoms with Crippen LogP contribution in [0.5, 0.6) is 11.5 Å². The number of carboxylic acids is 2. The van der Waals surface area contributed by atoms with Gasteiger partial charge in [0.25, 0.3) is 11.8 Å². The average molecular weight is 488 g/mol. The highest BCUT2D eigenvalue weighted by molar-refractivity contribution is 5.86. The van der Waals surface area contributed by atoms with Gasteiger partial charge in [-0.25, -0.2) is 9.59 Å². The first kappa shape index (κ1) is 23.9. The molecule has 2 aliphatic rings. The fourth-order valence-corrected chi connectivity index (χ4v) is 4.25.